The molecule has 2 aliphatic heterocycles. The summed E-state index contributed by atoms with van der Waals surface area (Å²) in [6, 6.07) is 112. The van der Waals surface area contributed by atoms with Crippen molar-refractivity contribution in [3.8, 4) is 44.5 Å². The summed E-state index contributed by atoms with van der Waals surface area (Å²) in [6.45, 7) is 14.5. The molecule has 510 valence electrons. The van der Waals surface area contributed by atoms with Gasteiger partial charge >= 0.3 is 0 Å². The maximum Gasteiger partial charge on any atom is 0.261 e. The van der Waals surface area contributed by atoms with Crippen LogP contribution in [0.3, 0.4) is 0 Å². The summed E-state index contributed by atoms with van der Waals surface area (Å²) in [4.78, 5) is 37.7. The number of rotatable bonds is 20. The highest BCUT2D eigenvalue weighted by molar-refractivity contribution is 6.34. The summed E-state index contributed by atoms with van der Waals surface area (Å²) in [7, 11) is 0. The molecule has 0 aromatic heterocycles. The van der Waals surface area contributed by atoms with Crippen molar-refractivity contribution in [1.82, 2.24) is 9.80 Å². The van der Waals surface area contributed by atoms with Gasteiger partial charge in [-0.15, -0.1) is 0 Å². The van der Waals surface area contributed by atoms with Gasteiger partial charge in [-0.1, -0.05) is 265 Å². The Kier molecular flexibility index (Phi) is 19.6. The number of carbonyl (C=O) groups excluding carboxylic acids is 2. The van der Waals surface area contributed by atoms with E-state index >= 15 is 0 Å². The second-order valence-electron chi connectivity index (χ2n) is 26.7. The largest absolute Gasteiger partial charge is 0.380 e. The molecule has 0 saturated heterocycles. The van der Waals surface area contributed by atoms with E-state index in [9.17, 15) is 9.59 Å². The minimum absolute atomic E-state index is 0.216. The molecule has 8 heteroatoms. The van der Waals surface area contributed by atoms with Crippen LogP contribution in [0, 0.1) is 27.7 Å². The van der Waals surface area contributed by atoms with Crippen molar-refractivity contribution in [2.75, 3.05) is 49.3 Å². The van der Waals surface area contributed by atoms with Crippen LogP contribution in [-0.4, -0.2) is 61.1 Å². The molecule has 0 saturated carbocycles. The van der Waals surface area contributed by atoms with Gasteiger partial charge < -0.3 is 29.1 Å². The average molecular weight is 1360 g/mol. The van der Waals surface area contributed by atoms with E-state index in [2.05, 4.69) is 329 Å². The van der Waals surface area contributed by atoms with E-state index in [1.807, 2.05) is 38.1 Å². The molecule has 0 fully saturated rings. The van der Waals surface area contributed by atoms with Crippen LogP contribution in [0.15, 0.2) is 327 Å². The van der Waals surface area contributed by atoms with Crippen LogP contribution in [0.4, 0.5) is 34.1 Å². The molecule has 16 rings (SSSR count). The standard InChI is InChI=1S/C54H54N4O4.C42H28/c1-7-61-35-33-55-51(41-17-29-47(30-18-41)57(43-21-9-37(3)10-22-43)44-23-11-38(4)12-24-44)49-50(53(55)59)52(56(54(49)60)34-36-62-8-2)42-19-31-48(32-20-42)58(45-25-13-39(5)14-26-45)46-27-15-40(6)16-28-46;1-5-17-29(18-6-1)37-33-25-13-14-26-34(33)39(31-21-9-3-10-22-31)42-40(32-23-11-4-12-24-32)36-28-16-15-27-35(36)38(41(37)42)30-19-7-2-8-20-30/h9-32H,7-8,33-36H2,1-6H3;1-28H. The smallest absolute Gasteiger partial charge is 0.261 e. The summed E-state index contributed by atoms with van der Waals surface area (Å²) >= 11 is 0. The number of ether oxygens (including phenoxy) is 2. The first-order valence-corrected chi connectivity index (χ1v) is 36.1. The first-order chi connectivity index (χ1) is 51.1. The number of hydrogen-bond acceptors (Lipinski definition) is 6. The summed E-state index contributed by atoms with van der Waals surface area (Å²) in [6.07, 6.45) is 0. The highest BCUT2D eigenvalue weighted by Gasteiger charge is 2.49. The zero-order valence-electron chi connectivity index (χ0n) is 59.7. The molecule has 14 aromatic rings. The Morgan fingerprint density at radius 3 is 0.721 bits per heavy atom. The van der Waals surface area contributed by atoms with E-state index in [1.54, 1.807) is 9.80 Å². The maximum absolute atomic E-state index is 14.9. The average Bonchev–Trinajstić information content (AvgIpc) is 0.775. The SMILES string of the molecule is CCOCCN1C(=O)C2=C(c3ccc(N(c4ccc(C)cc4)c4ccc(C)cc4)cc3)N(CCOCC)C(=O)C2=C1c1ccc(N(c2ccc(C)cc2)c2ccc(C)cc2)cc1.c1ccc(-c2c3ccccc3c(-c3ccccc3)c3c(-c4ccccc4)c4ccccc4c(-c4ccccc4)c23)cc1. The van der Waals surface area contributed by atoms with E-state index in [4.69, 9.17) is 9.47 Å². The molecule has 0 spiro atoms. The molecule has 0 bridgehead atoms. The molecule has 0 atom stereocenters. The van der Waals surface area contributed by atoms with Gasteiger partial charge in [0.25, 0.3) is 11.8 Å². The zero-order chi connectivity index (χ0) is 71.2. The number of benzene rings is 14. The lowest BCUT2D eigenvalue weighted by Crippen LogP contribution is -2.33. The first-order valence-electron chi connectivity index (χ1n) is 36.1. The van der Waals surface area contributed by atoms with E-state index in [-0.39, 0.29) is 11.8 Å². The van der Waals surface area contributed by atoms with Gasteiger partial charge in [-0.05, 0) is 202 Å². The van der Waals surface area contributed by atoms with Gasteiger partial charge in [0.05, 0.1) is 35.8 Å². The summed E-state index contributed by atoms with van der Waals surface area (Å²) < 4.78 is 11.6. The van der Waals surface area contributed by atoms with Gasteiger partial charge in [-0.2, -0.15) is 0 Å². The lowest BCUT2D eigenvalue weighted by Gasteiger charge is -2.28. The Balaban J connectivity index is 0.000000179. The predicted molar refractivity (Wildman–Crippen MR) is 432 cm³/mol. The molecular formula is C96H82N4O4. The van der Waals surface area contributed by atoms with Crippen molar-refractivity contribution in [2.45, 2.75) is 41.5 Å². The third kappa shape index (κ3) is 13.2. The number of anilines is 6. The Labute approximate surface area is 610 Å². The molecule has 0 N–H and O–H groups in total. The van der Waals surface area contributed by atoms with Gasteiger partial charge in [-0.25, -0.2) is 0 Å². The second-order valence-corrected chi connectivity index (χ2v) is 26.7. The van der Waals surface area contributed by atoms with Crippen LogP contribution in [0.2, 0.25) is 0 Å². The van der Waals surface area contributed by atoms with Gasteiger partial charge in [0.2, 0.25) is 0 Å². The second kappa shape index (κ2) is 30.2. The minimum Gasteiger partial charge on any atom is -0.380 e. The monoisotopic (exact) mass is 1350 g/mol. The molecule has 2 amide bonds. The topological polar surface area (TPSA) is 65.6 Å². The summed E-state index contributed by atoms with van der Waals surface area (Å²) in [5.41, 5.74) is 24.3. The quantitative estimate of drug-likeness (QED) is 0.0560. The number of carbonyl (C=O) groups is 2. The fraction of sp³-hybridized carbons (Fsp3) is 0.125. The van der Waals surface area contributed by atoms with Crippen molar-refractivity contribution in [1.29, 1.82) is 0 Å². The molecule has 8 nitrogen and oxygen atoms in total. The molecule has 14 aromatic carbocycles. The van der Waals surface area contributed by atoms with Gasteiger partial charge in [0.15, 0.2) is 0 Å². The summed E-state index contributed by atoms with van der Waals surface area (Å²) in [5.74, 6) is -0.431. The van der Waals surface area contributed by atoms with Crippen molar-refractivity contribution in [3.05, 3.63) is 360 Å². The molecule has 104 heavy (non-hydrogen) atoms. The van der Waals surface area contributed by atoms with E-state index in [1.165, 1.54) is 99.1 Å². The maximum atomic E-state index is 14.9. The van der Waals surface area contributed by atoms with E-state index in [0.717, 1.165) is 45.3 Å². The van der Waals surface area contributed by atoms with Crippen LogP contribution in [0.5, 0.6) is 0 Å². The highest BCUT2D eigenvalue weighted by atomic mass is 16.5. The predicted octanol–water partition coefficient (Wildman–Crippen LogP) is 23.6. The lowest BCUT2D eigenvalue weighted by molar-refractivity contribution is -0.124. The van der Waals surface area contributed by atoms with Crippen molar-refractivity contribution < 1.29 is 19.1 Å². The fourth-order valence-corrected chi connectivity index (χ4v) is 15.0. The van der Waals surface area contributed by atoms with E-state index < -0.39 is 0 Å². The van der Waals surface area contributed by atoms with Crippen molar-refractivity contribution in [3.63, 3.8) is 0 Å². The molecule has 2 heterocycles. The van der Waals surface area contributed by atoms with Gasteiger partial charge in [0.1, 0.15) is 0 Å². The van der Waals surface area contributed by atoms with Crippen LogP contribution in [0.1, 0.15) is 47.2 Å². The Morgan fingerprint density at radius 2 is 0.490 bits per heavy atom. The molecule has 2 aliphatic rings. The third-order valence-corrected chi connectivity index (χ3v) is 19.9. The van der Waals surface area contributed by atoms with Gasteiger partial charge in [-0.3, -0.25) is 9.59 Å². The Morgan fingerprint density at radius 1 is 0.269 bits per heavy atom. The van der Waals surface area contributed by atoms with Crippen LogP contribution in [-0.2, 0) is 19.1 Å². The lowest BCUT2D eigenvalue weighted by atomic mass is 9.77. The summed E-state index contributed by atoms with van der Waals surface area (Å²) in [5, 5.41) is 7.65. The Hall–Kier alpha value is -12.2. The normalized spacial score (nSPS) is 12.8. The van der Waals surface area contributed by atoms with Crippen LogP contribution >= 0.6 is 0 Å². The van der Waals surface area contributed by atoms with Crippen molar-refractivity contribution >= 4 is 89.7 Å². The number of fused-ring (bicyclic) bond motifs is 4. The number of amides is 2. The number of hydrogen-bond donors (Lipinski definition) is 0. The molecule has 0 unspecified atom stereocenters. The Bertz CT molecular complexity index is 4900. The fourth-order valence-electron chi connectivity index (χ4n) is 15.0. The molecule has 0 radical (unpaired) electrons. The first kappa shape index (κ1) is 67.6. The van der Waals surface area contributed by atoms with Crippen LogP contribution in [0.25, 0.3) is 88.2 Å². The van der Waals surface area contributed by atoms with Crippen molar-refractivity contribution in [2.24, 2.45) is 0 Å². The molecule has 0 aliphatic carbocycles. The third-order valence-electron chi connectivity index (χ3n) is 19.9. The van der Waals surface area contributed by atoms with E-state index in [0.29, 0.717) is 62.1 Å². The number of aryl methyl sites for hydroxylation is 4. The molecular weight excluding hydrogens is 1270 g/mol. The zero-order valence-corrected chi connectivity index (χ0v) is 59.7. The van der Waals surface area contributed by atoms with Crippen LogP contribution < -0.4 is 9.80 Å². The minimum atomic E-state index is -0.216. The number of nitrogens with zero attached hydrogens (tertiary/aromatic N) is 4. The van der Waals surface area contributed by atoms with Gasteiger partial charge in [0, 0.05) is 60.4 Å². The highest BCUT2D eigenvalue weighted by Crippen LogP contribution is 2.54.